The van der Waals surface area contributed by atoms with E-state index in [0.29, 0.717) is 31.9 Å². The Hall–Kier alpha value is -2.64. The van der Waals surface area contributed by atoms with Gasteiger partial charge in [0.1, 0.15) is 12.9 Å². The Morgan fingerprint density at radius 2 is 2.23 bits per heavy atom. The molecule has 2 heterocycles. The van der Waals surface area contributed by atoms with Gasteiger partial charge in [-0.1, -0.05) is 12.1 Å². The molecule has 0 spiro atoms. The number of nitrogens with zero attached hydrogens (tertiary/aromatic N) is 5. The van der Waals surface area contributed by atoms with E-state index in [1.54, 1.807) is 11.9 Å². The first-order valence-corrected chi connectivity index (χ1v) is 7.05. The number of carbonyl (C=O) groups excluding carboxylic acids is 1. The molecule has 1 unspecified atom stereocenters. The predicted octanol–water partition coefficient (Wildman–Crippen LogP) is 0.362. The average Bonchev–Trinajstić information content (AvgIpc) is 3.06. The molecular formula is C14H17N5O3. The summed E-state index contributed by atoms with van der Waals surface area (Å²) >= 11 is 0. The maximum absolute atomic E-state index is 12.1. The lowest BCUT2D eigenvalue weighted by Gasteiger charge is -2.29. The minimum absolute atomic E-state index is 0.0120. The summed E-state index contributed by atoms with van der Waals surface area (Å²) < 4.78 is 13.0. The fourth-order valence-corrected chi connectivity index (χ4v) is 2.24. The van der Waals surface area contributed by atoms with Crippen molar-refractivity contribution in [3.8, 4) is 11.5 Å². The minimum Gasteiger partial charge on any atom is -0.486 e. The van der Waals surface area contributed by atoms with E-state index in [9.17, 15) is 4.79 Å². The van der Waals surface area contributed by atoms with Crippen LogP contribution in [0.25, 0.3) is 0 Å². The van der Waals surface area contributed by atoms with Crippen molar-refractivity contribution in [1.29, 1.82) is 0 Å². The quantitative estimate of drug-likeness (QED) is 0.793. The second kappa shape index (κ2) is 6.42. The fourth-order valence-electron chi connectivity index (χ4n) is 2.24. The van der Waals surface area contributed by atoms with Crippen LogP contribution in [0.15, 0.2) is 30.6 Å². The number of aryl methyl sites for hydroxylation is 1. The summed E-state index contributed by atoms with van der Waals surface area (Å²) in [6, 6.07) is 7.52. The molecule has 1 atom stereocenters. The average molecular weight is 303 g/mol. The van der Waals surface area contributed by atoms with Crippen molar-refractivity contribution in [2.24, 2.45) is 0 Å². The third-order valence-corrected chi connectivity index (χ3v) is 3.42. The Morgan fingerprint density at radius 1 is 1.41 bits per heavy atom. The molecule has 1 aliphatic rings. The maximum atomic E-state index is 12.1. The van der Waals surface area contributed by atoms with Gasteiger partial charge in [-0.3, -0.25) is 4.79 Å². The summed E-state index contributed by atoms with van der Waals surface area (Å²) in [5.74, 6) is 1.47. The molecule has 1 aliphatic heterocycles. The number of rotatable bonds is 5. The zero-order valence-electron chi connectivity index (χ0n) is 12.3. The molecular weight excluding hydrogens is 286 g/mol. The molecule has 3 rings (SSSR count). The molecule has 1 aromatic heterocycles. The van der Waals surface area contributed by atoms with Crippen molar-refractivity contribution in [2.45, 2.75) is 19.1 Å². The summed E-state index contributed by atoms with van der Waals surface area (Å²) in [6.45, 7) is 1.37. The maximum Gasteiger partial charge on any atom is 0.224 e. The van der Waals surface area contributed by atoms with Gasteiger partial charge in [0.2, 0.25) is 5.91 Å². The fraction of sp³-hybridized carbons (Fsp3) is 0.429. The topological polar surface area (TPSA) is 82.4 Å². The molecule has 8 heteroatoms. The summed E-state index contributed by atoms with van der Waals surface area (Å²) in [7, 11) is 1.76. The zero-order valence-corrected chi connectivity index (χ0v) is 12.3. The number of ether oxygens (including phenoxy) is 2. The lowest BCUT2D eigenvalue weighted by molar-refractivity contribution is -0.131. The van der Waals surface area contributed by atoms with E-state index in [1.807, 2.05) is 24.3 Å². The molecule has 0 saturated carbocycles. The molecule has 1 aromatic carbocycles. The highest BCUT2D eigenvalue weighted by Gasteiger charge is 2.23. The lowest BCUT2D eigenvalue weighted by atomic mass is 10.2. The molecule has 2 aromatic rings. The Labute approximate surface area is 127 Å². The van der Waals surface area contributed by atoms with E-state index in [2.05, 4.69) is 15.5 Å². The van der Waals surface area contributed by atoms with Crippen molar-refractivity contribution in [3.05, 3.63) is 30.6 Å². The molecule has 1 amide bonds. The van der Waals surface area contributed by atoms with E-state index < -0.39 is 0 Å². The summed E-state index contributed by atoms with van der Waals surface area (Å²) in [5, 5.41) is 10.8. The number of amides is 1. The molecule has 8 nitrogen and oxygen atoms in total. The van der Waals surface area contributed by atoms with Gasteiger partial charge in [0.15, 0.2) is 17.6 Å². The zero-order chi connectivity index (χ0) is 15.4. The van der Waals surface area contributed by atoms with Crippen LogP contribution >= 0.6 is 0 Å². The Balaban J connectivity index is 1.49. The van der Waals surface area contributed by atoms with Crippen molar-refractivity contribution in [3.63, 3.8) is 0 Å². The number of carbonyl (C=O) groups is 1. The highest BCUT2D eigenvalue weighted by Crippen LogP contribution is 2.30. The number of benzene rings is 1. The van der Waals surface area contributed by atoms with Gasteiger partial charge in [0.25, 0.3) is 0 Å². The molecule has 0 bridgehead atoms. The first-order chi connectivity index (χ1) is 10.7. The SMILES string of the molecule is CN(CC1COc2ccccc2O1)C(=O)CCn1cnnn1. The third kappa shape index (κ3) is 3.33. The van der Waals surface area contributed by atoms with Crippen LogP contribution < -0.4 is 9.47 Å². The smallest absolute Gasteiger partial charge is 0.224 e. The van der Waals surface area contributed by atoms with E-state index >= 15 is 0 Å². The van der Waals surface area contributed by atoms with Crippen LogP contribution in [0.2, 0.25) is 0 Å². The minimum atomic E-state index is -0.170. The van der Waals surface area contributed by atoms with Gasteiger partial charge in [-0.25, -0.2) is 4.68 Å². The van der Waals surface area contributed by atoms with Crippen LogP contribution in [0.5, 0.6) is 11.5 Å². The lowest BCUT2D eigenvalue weighted by Crippen LogP contribution is -2.42. The van der Waals surface area contributed by atoms with Gasteiger partial charge < -0.3 is 14.4 Å². The number of aromatic nitrogens is 4. The van der Waals surface area contributed by atoms with Gasteiger partial charge in [0.05, 0.1) is 13.1 Å². The van der Waals surface area contributed by atoms with Crippen LogP contribution in [-0.2, 0) is 11.3 Å². The van der Waals surface area contributed by atoms with Crippen LogP contribution in [0, 0.1) is 0 Å². The second-order valence-electron chi connectivity index (χ2n) is 5.09. The summed E-state index contributed by atoms with van der Waals surface area (Å²) in [6.07, 6.45) is 1.66. The number of hydrogen-bond acceptors (Lipinski definition) is 6. The number of tetrazole rings is 1. The van der Waals surface area contributed by atoms with Gasteiger partial charge >= 0.3 is 0 Å². The van der Waals surface area contributed by atoms with Crippen molar-refractivity contribution in [2.75, 3.05) is 20.2 Å². The molecule has 0 saturated heterocycles. The number of hydrogen-bond donors (Lipinski definition) is 0. The van der Waals surface area contributed by atoms with Gasteiger partial charge in [-0.05, 0) is 22.6 Å². The van der Waals surface area contributed by atoms with E-state index in [1.165, 1.54) is 11.0 Å². The van der Waals surface area contributed by atoms with Crippen LogP contribution in [0.1, 0.15) is 6.42 Å². The van der Waals surface area contributed by atoms with Gasteiger partial charge in [-0.15, -0.1) is 5.10 Å². The Morgan fingerprint density at radius 3 is 3.00 bits per heavy atom. The van der Waals surface area contributed by atoms with Gasteiger partial charge in [0, 0.05) is 13.5 Å². The molecule has 0 N–H and O–H groups in total. The first-order valence-electron chi connectivity index (χ1n) is 7.05. The molecule has 0 aliphatic carbocycles. The molecule has 0 radical (unpaired) electrons. The summed E-state index contributed by atoms with van der Waals surface area (Å²) in [4.78, 5) is 13.8. The molecule has 116 valence electrons. The van der Waals surface area contributed by atoms with E-state index in [-0.39, 0.29) is 12.0 Å². The highest BCUT2D eigenvalue weighted by molar-refractivity contribution is 5.75. The molecule has 0 fully saturated rings. The predicted molar refractivity (Wildman–Crippen MR) is 76.4 cm³/mol. The second-order valence-corrected chi connectivity index (χ2v) is 5.09. The van der Waals surface area contributed by atoms with Crippen LogP contribution in [-0.4, -0.2) is 57.3 Å². The van der Waals surface area contributed by atoms with Crippen LogP contribution in [0.4, 0.5) is 0 Å². The third-order valence-electron chi connectivity index (χ3n) is 3.42. The highest BCUT2D eigenvalue weighted by atomic mass is 16.6. The van der Waals surface area contributed by atoms with Crippen LogP contribution in [0.3, 0.4) is 0 Å². The normalized spacial score (nSPS) is 16.3. The number of likely N-dealkylation sites (N-methyl/N-ethyl adjacent to an activating group) is 1. The monoisotopic (exact) mass is 303 g/mol. The van der Waals surface area contributed by atoms with Crippen molar-refractivity contribution >= 4 is 5.91 Å². The van der Waals surface area contributed by atoms with Gasteiger partial charge in [-0.2, -0.15) is 0 Å². The standard InChI is InChI=1S/C14H17N5O3/c1-18(14(20)6-7-19-10-15-16-17-19)8-11-9-21-12-4-2-3-5-13(12)22-11/h2-5,10-11H,6-9H2,1H3. The first kappa shape index (κ1) is 14.3. The Kier molecular flexibility index (Phi) is 4.17. The number of fused-ring (bicyclic) bond motifs is 1. The van der Waals surface area contributed by atoms with Crippen molar-refractivity contribution in [1.82, 2.24) is 25.1 Å². The van der Waals surface area contributed by atoms with E-state index in [4.69, 9.17) is 9.47 Å². The summed E-state index contributed by atoms with van der Waals surface area (Å²) in [5.41, 5.74) is 0. The van der Waals surface area contributed by atoms with E-state index in [0.717, 1.165) is 5.75 Å². The Bertz CT molecular complexity index is 631. The molecule has 22 heavy (non-hydrogen) atoms. The van der Waals surface area contributed by atoms with Crippen molar-refractivity contribution < 1.29 is 14.3 Å². The number of para-hydroxylation sites is 2. The largest absolute Gasteiger partial charge is 0.486 e.